The Morgan fingerprint density at radius 2 is 1.33 bits per heavy atom. The number of ketones is 1. The molecule has 0 amide bonds. The molecule has 0 aromatic heterocycles. The summed E-state index contributed by atoms with van der Waals surface area (Å²) < 4.78 is 32.7. The highest BCUT2D eigenvalue weighted by molar-refractivity contribution is 7.47. The van der Waals surface area contributed by atoms with Crippen LogP contribution in [0.25, 0.3) is 0 Å². The molecule has 12 nitrogen and oxygen atoms in total. The van der Waals surface area contributed by atoms with Crippen molar-refractivity contribution in [2.75, 3.05) is 26.4 Å². The highest BCUT2D eigenvalue weighted by Crippen LogP contribution is 2.43. The predicted molar refractivity (Wildman–Crippen MR) is 223 cm³/mol. The maximum atomic E-state index is 12.7. The van der Waals surface area contributed by atoms with Crippen molar-refractivity contribution in [2.24, 2.45) is 11.8 Å². The number of carbonyl (C=O) groups excluding carboxylic acids is 3. The molecule has 0 aromatic rings. The molecule has 4 N–H and O–H groups in total. The second-order valence-corrected chi connectivity index (χ2v) is 16.5. The monoisotopic (exact) mass is 826 g/mol. The summed E-state index contributed by atoms with van der Waals surface area (Å²) in [7, 11) is -4.68. The zero-order valence-electron chi connectivity index (χ0n) is 34.9. The summed E-state index contributed by atoms with van der Waals surface area (Å²) >= 11 is 0. The zero-order valence-corrected chi connectivity index (χ0v) is 35.8. The van der Waals surface area contributed by atoms with E-state index in [1.807, 2.05) is 24.3 Å². The third-order valence-electron chi connectivity index (χ3n) is 9.70. The molecule has 0 bridgehead atoms. The minimum atomic E-state index is -4.68. The van der Waals surface area contributed by atoms with Gasteiger partial charge in [-0.3, -0.25) is 23.4 Å². The topological polar surface area (TPSA) is 186 Å². The average molecular weight is 827 g/mol. The Morgan fingerprint density at radius 1 is 0.754 bits per heavy atom. The van der Waals surface area contributed by atoms with Crippen molar-refractivity contribution in [1.82, 2.24) is 0 Å². The van der Waals surface area contributed by atoms with Crippen LogP contribution < -0.4 is 0 Å². The Bertz CT molecular complexity index is 1230. The van der Waals surface area contributed by atoms with Crippen molar-refractivity contribution in [1.29, 1.82) is 0 Å². The number of aliphatic hydroxyl groups is 3. The van der Waals surface area contributed by atoms with Gasteiger partial charge >= 0.3 is 19.8 Å². The molecule has 0 aliphatic heterocycles. The molecular formula is C44H75O12P. The number of ether oxygens (including phenoxy) is 2. The lowest BCUT2D eigenvalue weighted by Crippen LogP contribution is -2.29. The first-order valence-electron chi connectivity index (χ1n) is 21.7. The van der Waals surface area contributed by atoms with Crippen LogP contribution >= 0.6 is 7.82 Å². The molecule has 0 spiro atoms. The first kappa shape index (κ1) is 52.6. The van der Waals surface area contributed by atoms with Crippen LogP contribution in [-0.2, 0) is 37.5 Å². The summed E-state index contributed by atoms with van der Waals surface area (Å²) in [5.74, 6) is -1.38. The number of phosphoric ester groups is 1. The lowest BCUT2D eigenvalue weighted by Gasteiger charge is -2.20. The average Bonchev–Trinajstić information content (AvgIpc) is 3.55. The van der Waals surface area contributed by atoms with E-state index in [0.29, 0.717) is 32.1 Å². The zero-order chi connectivity index (χ0) is 42.0. The van der Waals surface area contributed by atoms with Crippen LogP contribution in [0.15, 0.2) is 48.6 Å². The predicted octanol–water partition coefficient (Wildman–Crippen LogP) is 8.95. The van der Waals surface area contributed by atoms with E-state index in [-0.39, 0.29) is 37.1 Å². The lowest BCUT2D eigenvalue weighted by molar-refractivity contribution is -0.161. The number of esters is 2. The Morgan fingerprint density at radius 3 is 2.02 bits per heavy atom. The standard InChI is InChI=1S/C44H75O12P/c1-3-5-7-8-9-10-11-12-13-14-15-16-17-18-23-27-43(49)53-35-40(36-55-57(51,52)54-34-39(47)33-45)56-44(50)28-24-20-19-22-25-37-29-32-42(48)41(37)31-30-38(46)26-21-6-4-2/h12-13,19,22,29-32,37-41,45-47H,3-11,14-18,20-21,23-28,33-36H2,1-2H3,(H,51,52)/b13-12-,22-19-,31-30+/t37-,38-,39-,40+,41+/m0/s1. The van der Waals surface area contributed by atoms with Crippen molar-refractivity contribution < 1.29 is 57.7 Å². The number of hydrogen-bond acceptors (Lipinski definition) is 11. The smallest absolute Gasteiger partial charge is 0.462 e. The number of unbranched alkanes of at least 4 members (excludes halogenated alkanes) is 14. The molecule has 0 radical (unpaired) electrons. The van der Waals surface area contributed by atoms with Gasteiger partial charge in [-0.1, -0.05) is 127 Å². The van der Waals surface area contributed by atoms with Crippen LogP contribution in [0.3, 0.4) is 0 Å². The van der Waals surface area contributed by atoms with Gasteiger partial charge in [-0.2, -0.15) is 0 Å². The molecule has 0 saturated carbocycles. The second-order valence-electron chi connectivity index (χ2n) is 15.0. The first-order chi connectivity index (χ1) is 27.5. The molecule has 0 saturated heterocycles. The van der Waals surface area contributed by atoms with E-state index in [4.69, 9.17) is 19.1 Å². The molecule has 1 unspecified atom stereocenters. The van der Waals surface area contributed by atoms with Gasteiger partial charge in [-0.05, 0) is 69.8 Å². The fourth-order valence-corrected chi connectivity index (χ4v) is 7.00. The molecule has 328 valence electrons. The van der Waals surface area contributed by atoms with Gasteiger partial charge in [-0.25, -0.2) is 4.57 Å². The number of phosphoric acid groups is 1. The van der Waals surface area contributed by atoms with Crippen LogP contribution in [0.1, 0.15) is 155 Å². The Balaban J connectivity index is 2.45. The Kier molecular flexibility index (Phi) is 31.8. The van der Waals surface area contributed by atoms with Gasteiger partial charge < -0.3 is 29.7 Å². The summed E-state index contributed by atoms with van der Waals surface area (Å²) in [6.45, 7) is 2.02. The van der Waals surface area contributed by atoms with Crippen molar-refractivity contribution in [3.05, 3.63) is 48.6 Å². The SMILES string of the molecule is CCCCCCCC/C=C\CCCCCCCC(=O)OC[C@H](COP(=O)(O)OC[C@@H](O)CO)OC(=O)CCC/C=C\C[C@H]1C=CC(=O)[C@@H]1/C=C/[C@@H](O)CCCCC. The summed E-state index contributed by atoms with van der Waals surface area (Å²) in [4.78, 5) is 47.5. The second kappa shape index (κ2) is 34.4. The lowest BCUT2D eigenvalue weighted by atomic mass is 9.90. The molecule has 57 heavy (non-hydrogen) atoms. The van der Waals surface area contributed by atoms with Gasteiger partial charge in [0.05, 0.1) is 25.9 Å². The fraction of sp³-hybridized carbons (Fsp3) is 0.750. The first-order valence-corrected chi connectivity index (χ1v) is 23.1. The molecule has 13 heteroatoms. The van der Waals surface area contributed by atoms with Gasteiger partial charge in [0.25, 0.3) is 0 Å². The Labute approximate surface area is 342 Å². The quantitative estimate of drug-likeness (QED) is 0.0202. The van der Waals surface area contributed by atoms with E-state index < -0.39 is 57.9 Å². The highest BCUT2D eigenvalue weighted by Gasteiger charge is 2.28. The normalized spacial score (nSPS) is 18.5. The maximum Gasteiger partial charge on any atom is 0.472 e. The Hall–Kier alpha value is -2.44. The van der Waals surface area contributed by atoms with Crippen molar-refractivity contribution in [3.63, 3.8) is 0 Å². The molecule has 1 aliphatic rings. The van der Waals surface area contributed by atoms with Gasteiger partial charge in [0.15, 0.2) is 11.9 Å². The van der Waals surface area contributed by atoms with E-state index >= 15 is 0 Å². The van der Waals surface area contributed by atoms with Crippen molar-refractivity contribution in [3.8, 4) is 0 Å². The van der Waals surface area contributed by atoms with Gasteiger partial charge in [0.2, 0.25) is 0 Å². The molecule has 6 atom stereocenters. The van der Waals surface area contributed by atoms with E-state index in [1.54, 1.807) is 12.2 Å². The summed E-state index contributed by atoms with van der Waals surface area (Å²) in [6, 6.07) is 0. The maximum absolute atomic E-state index is 12.7. The summed E-state index contributed by atoms with van der Waals surface area (Å²) in [5.41, 5.74) is 0. The van der Waals surface area contributed by atoms with Gasteiger partial charge in [0, 0.05) is 18.8 Å². The van der Waals surface area contributed by atoms with Crippen LogP contribution in [-0.4, -0.2) is 82.7 Å². The molecule has 0 fully saturated rings. The third-order valence-corrected chi connectivity index (χ3v) is 10.7. The molecule has 1 rings (SSSR count). The minimum Gasteiger partial charge on any atom is -0.462 e. The summed E-state index contributed by atoms with van der Waals surface area (Å²) in [6.07, 6.45) is 32.8. The molecule has 1 aliphatic carbocycles. The minimum absolute atomic E-state index is 0.00321. The van der Waals surface area contributed by atoms with Gasteiger partial charge in [0.1, 0.15) is 12.7 Å². The van der Waals surface area contributed by atoms with Crippen LogP contribution in [0.2, 0.25) is 0 Å². The van der Waals surface area contributed by atoms with Crippen molar-refractivity contribution in [2.45, 2.75) is 173 Å². The number of rotatable bonds is 37. The largest absolute Gasteiger partial charge is 0.472 e. The van der Waals surface area contributed by atoms with Crippen molar-refractivity contribution >= 4 is 25.5 Å². The number of allylic oxidation sites excluding steroid dienone is 7. The van der Waals surface area contributed by atoms with Crippen LogP contribution in [0.4, 0.5) is 0 Å². The molecule has 0 heterocycles. The van der Waals surface area contributed by atoms with E-state index in [9.17, 15) is 34.1 Å². The number of hydrogen-bond donors (Lipinski definition) is 4. The third kappa shape index (κ3) is 29.4. The van der Waals surface area contributed by atoms with Crippen LogP contribution in [0, 0.1) is 11.8 Å². The number of carbonyl (C=O) groups is 3. The van der Waals surface area contributed by atoms with E-state index in [0.717, 1.165) is 57.8 Å². The van der Waals surface area contributed by atoms with Crippen LogP contribution in [0.5, 0.6) is 0 Å². The molecular weight excluding hydrogens is 751 g/mol. The fourth-order valence-electron chi connectivity index (χ4n) is 6.21. The number of aliphatic hydroxyl groups excluding tert-OH is 3. The van der Waals surface area contributed by atoms with Gasteiger partial charge in [-0.15, -0.1) is 0 Å². The summed E-state index contributed by atoms with van der Waals surface area (Å²) in [5, 5.41) is 28.6. The van der Waals surface area contributed by atoms with E-state index in [2.05, 4.69) is 30.5 Å². The van der Waals surface area contributed by atoms with E-state index in [1.165, 1.54) is 38.5 Å². The highest BCUT2D eigenvalue weighted by atomic mass is 31.2. The molecule has 0 aromatic carbocycles.